The average molecular weight is 399 g/mol. The monoisotopic (exact) mass is 399 g/mol. The second kappa shape index (κ2) is 7.59. The van der Waals surface area contributed by atoms with Crippen molar-refractivity contribution in [3.05, 3.63) is 77.2 Å². The van der Waals surface area contributed by atoms with Crippen LogP contribution in [0.2, 0.25) is 0 Å². The van der Waals surface area contributed by atoms with Crippen molar-refractivity contribution in [3.8, 4) is 11.3 Å². The number of imidazole rings is 1. The van der Waals surface area contributed by atoms with Crippen molar-refractivity contribution >= 4 is 22.5 Å². The number of aryl methyl sites for hydroxylation is 2. The predicted molar refractivity (Wildman–Crippen MR) is 115 cm³/mol. The molecule has 30 heavy (non-hydrogen) atoms. The molecule has 7 heteroatoms. The van der Waals surface area contributed by atoms with Crippen LogP contribution in [0, 0.1) is 0 Å². The fourth-order valence-electron chi connectivity index (χ4n) is 3.96. The maximum atomic E-state index is 12.6. The molecule has 7 nitrogen and oxygen atoms in total. The van der Waals surface area contributed by atoms with Gasteiger partial charge in [-0.25, -0.2) is 9.97 Å². The van der Waals surface area contributed by atoms with E-state index in [0.717, 1.165) is 42.2 Å². The van der Waals surface area contributed by atoms with Crippen molar-refractivity contribution in [2.75, 3.05) is 5.32 Å². The number of nitrogens with zero attached hydrogens (tertiary/aromatic N) is 4. The molecular formula is C23H21N5O2. The minimum Gasteiger partial charge on any atom is -0.328 e. The zero-order chi connectivity index (χ0) is 20.5. The topological polar surface area (TPSA) is 81.8 Å². The van der Waals surface area contributed by atoms with Crippen LogP contribution in [-0.2, 0) is 24.3 Å². The molecule has 0 aliphatic carbocycles. The number of hydrogen-bond acceptors (Lipinski definition) is 4. The normalized spacial score (nSPS) is 12.8. The van der Waals surface area contributed by atoms with Crippen molar-refractivity contribution in [2.45, 2.75) is 32.4 Å². The molecule has 0 spiro atoms. The highest BCUT2D eigenvalue weighted by Gasteiger charge is 2.17. The summed E-state index contributed by atoms with van der Waals surface area (Å²) in [5, 5.41) is 3.49. The van der Waals surface area contributed by atoms with Gasteiger partial charge >= 0.3 is 0 Å². The lowest BCUT2D eigenvalue weighted by atomic mass is 10.1. The first kappa shape index (κ1) is 18.3. The number of aromatic nitrogens is 4. The Morgan fingerprint density at radius 2 is 2.00 bits per heavy atom. The summed E-state index contributed by atoms with van der Waals surface area (Å²) in [6, 6.07) is 15.0. The third-order valence-electron chi connectivity index (χ3n) is 5.47. The van der Waals surface area contributed by atoms with E-state index in [0.29, 0.717) is 10.9 Å². The minimum absolute atomic E-state index is 0.134. The van der Waals surface area contributed by atoms with Crippen LogP contribution < -0.4 is 10.9 Å². The Balaban J connectivity index is 1.28. The van der Waals surface area contributed by atoms with E-state index < -0.39 is 0 Å². The van der Waals surface area contributed by atoms with Crippen LogP contribution in [0.5, 0.6) is 0 Å². The van der Waals surface area contributed by atoms with E-state index in [9.17, 15) is 9.59 Å². The summed E-state index contributed by atoms with van der Waals surface area (Å²) in [5.74, 6) is 0.972. The molecule has 0 fully saturated rings. The van der Waals surface area contributed by atoms with Gasteiger partial charge in [-0.3, -0.25) is 14.2 Å². The van der Waals surface area contributed by atoms with Crippen LogP contribution in [-0.4, -0.2) is 25.0 Å². The standard InChI is InChI=1S/C23H21N5O2/c29-22(10-12-27-15-25-19-8-2-1-7-18(19)23(27)30)26-17-6-3-5-16(13-17)20-14-24-21-9-4-11-28(20)21/h1-3,5-8,13-15H,4,9-12H2,(H,26,29). The van der Waals surface area contributed by atoms with E-state index in [2.05, 4.69) is 19.9 Å². The Bertz CT molecular complexity index is 1300. The van der Waals surface area contributed by atoms with Gasteiger partial charge in [-0.1, -0.05) is 24.3 Å². The molecular weight excluding hydrogens is 378 g/mol. The number of anilines is 1. The Morgan fingerprint density at radius 1 is 1.10 bits per heavy atom. The van der Waals surface area contributed by atoms with E-state index in [1.54, 1.807) is 12.1 Å². The fourth-order valence-corrected chi connectivity index (χ4v) is 3.96. The van der Waals surface area contributed by atoms with Gasteiger partial charge in [0.1, 0.15) is 5.82 Å². The number of fused-ring (bicyclic) bond motifs is 2. The van der Waals surface area contributed by atoms with Gasteiger partial charge < -0.3 is 9.88 Å². The molecule has 150 valence electrons. The first-order valence-corrected chi connectivity index (χ1v) is 10.1. The third kappa shape index (κ3) is 3.39. The summed E-state index contributed by atoms with van der Waals surface area (Å²) in [6.45, 7) is 1.26. The van der Waals surface area contributed by atoms with Crippen LogP contribution in [0.4, 0.5) is 5.69 Å². The van der Waals surface area contributed by atoms with Gasteiger partial charge in [0.15, 0.2) is 0 Å². The first-order chi connectivity index (χ1) is 14.7. The van der Waals surface area contributed by atoms with Crippen molar-refractivity contribution in [1.29, 1.82) is 0 Å². The number of benzene rings is 2. The van der Waals surface area contributed by atoms with Gasteiger partial charge in [0, 0.05) is 37.2 Å². The maximum Gasteiger partial charge on any atom is 0.261 e. The number of para-hydroxylation sites is 1. The molecule has 2 aromatic carbocycles. The Hall–Kier alpha value is -3.74. The van der Waals surface area contributed by atoms with E-state index >= 15 is 0 Å². The molecule has 2 aromatic heterocycles. The number of hydrogen-bond donors (Lipinski definition) is 1. The highest BCUT2D eigenvalue weighted by Crippen LogP contribution is 2.27. The number of amides is 1. The van der Waals surface area contributed by atoms with E-state index in [1.165, 1.54) is 10.9 Å². The molecule has 0 bridgehead atoms. The summed E-state index contributed by atoms with van der Waals surface area (Å²) < 4.78 is 3.72. The second-order valence-electron chi connectivity index (χ2n) is 7.45. The molecule has 5 rings (SSSR count). The molecule has 1 aliphatic heterocycles. The summed E-state index contributed by atoms with van der Waals surface area (Å²) >= 11 is 0. The lowest BCUT2D eigenvalue weighted by Gasteiger charge is -2.10. The molecule has 4 aromatic rings. The summed E-state index contributed by atoms with van der Waals surface area (Å²) in [6.07, 6.45) is 5.72. The van der Waals surface area contributed by atoms with Crippen LogP contribution in [0.15, 0.2) is 65.8 Å². The highest BCUT2D eigenvalue weighted by molar-refractivity contribution is 5.91. The fraction of sp³-hybridized carbons (Fsp3) is 0.217. The Morgan fingerprint density at radius 3 is 2.93 bits per heavy atom. The minimum atomic E-state index is -0.147. The SMILES string of the molecule is O=C(CCn1cnc2ccccc2c1=O)Nc1cccc(-c2cnc3n2CCC3)c1. The van der Waals surface area contributed by atoms with Crippen LogP contribution in [0.25, 0.3) is 22.2 Å². The van der Waals surface area contributed by atoms with E-state index in [4.69, 9.17) is 0 Å². The van der Waals surface area contributed by atoms with Crippen LogP contribution in [0.1, 0.15) is 18.7 Å². The average Bonchev–Trinajstić information content (AvgIpc) is 3.38. The van der Waals surface area contributed by atoms with E-state index in [1.807, 2.05) is 42.6 Å². The molecule has 1 N–H and O–H groups in total. The predicted octanol–water partition coefficient (Wildman–Crippen LogP) is 3.24. The summed E-state index contributed by atoms with van der Waals surface area (Å²) in [4.78, 5) is 33.8. The molecule has 0 saturated heterocycles. The Kier molecular flexibility index (Phi) is 4.63. The first-order valence-electron chi connectivity index (χ1n) is 10.1. The van der Waals surface area contributed by atoms with Crippen molar-refractivity contribution in [2.24, 2.45) is 0 Å². The Labute approximate surface area is 173 Å². The van der Waals surface area contributed by atoms with Gasteiger partial charge in [-0.05, 0) is 30.7 Å². The molecule has 3 heterocycles. The van der Waals surface area contributed by atoms with Gasteiger partial charge in [-0.2, -0.15) is 0 Å². The van der Waals surface area contributed by atoms with Crippen molar-refractivity contribution in [1.82, 2.24) is 19.1 Å². The summed E-state index contributed by atoms with van der Waals surface area (Å²) in [5.41, 5.74) is 3.36. The largest absolute Gasteiger partial charge is 0.328 e. The van der Waals surface area contributed by atoms with Gasteiger partial charge in [0.25, 0.3) is 5.56 Å². The van der Waals surface area contributed by atoms with Crippen molar-refractivity contribution in [3.63, 3.8) is 0 Å². The molecule has 0 unspecified atom stereocenters. The smallest absolute Gasteiger partial charge is 0.261 e. The number of rotatable bonds is 5. The number of carbonyl (C=O) groups excluding carboxylic acids is 1. The molecule has 0 atom stereocenters. The van der Waals surface area contributed by atoms with Gasteiger partial charge in [0.2, 0.25) is 5.91 Å². The van der Waals surface area contributed by atoms with Crippen LogP contribution >= 0.6 is 0 Å². The number of nitrogens with one attached hydrogen (secondary N) is 1. The third-order valence-corrected chi connectivity index (χ3v) is 5.47. The lowest BCUT2D eigenvalue weighted by Crippen LogP contribution is -2.23. The number of carbonyl (C=O) groups is 1. The molecule has 0 saturated carbocycles. The summed E-state index contributed by atoms with van der Waals surface area (Å²) in [7, 11) is 0. The molecule has 1 aliphatic rings. The molecule has 0 radical (unpaired) electrons. The molecule has 1 amide bonds. The van der Waals surface area contributed by atoms with Gasteiger partial charge in [0.05, 0.1) is 29.1 Å². The lowest BCUT2D eigenvalue weighted by molar-refractivity contribution is -0.116. The quantitative estimate of drug-likeness (QED) is 0.559. The second-order valence-corrected chi connectivity index (χ2v) is 7.45. The van der Waals surface area contributed by atoms with Crippen molar-refractivity contribution < 1.29 is 4.79 Å². The van der Waals surface area contributed by atoms with Gasteiger partial charge in [-0.15, -0.1) is 0 Å². The zero-order valence-corrected chi connectivity index (χ0v) is 16.4. The van der Waals surface area contributed by atoms with E-state index in [-0.39, 0.29) is 24.4 Å². The maximum absolute atomic E-state index is 12.6. The zero-order valence-electron chi connectivity index (χ0n) is 16.4. The highest BCUT2D eigenvalue weighted by atomic mass is 16.2. The van der Waals surface area contributed by atoms with Crippen LogP contribution in [0.3, 0.4) is 0 Å².